The molecule has 0 amide bonds. The summed E-state index contributed by atoms with van der Waals surface area (Å²) in [5.41, 5.74) is 2.26. The fraction of sp³-hybridized carbons (Fsp3) is 0.350. The van der Waals surface area contributed by atoms with Crippen molar-refractivity contribution < 1.29 is 9.18 Å². The molecule has 0 aliphatic carbocycles. The minimum atomic E-state index is -0.536. The van der Waals surface area contributed by atoms with Crippen molar-refractivity contribution in [3.05, 3.63) is 62.5 Å². The highest BCUT2D eigenvalue weighted by Crippen LogP contribution is 2.39. The van der Waals surface area contributed by atoms with Gasteiger partial charge >= 0.3 is 0 Å². The predicted molar refractivity (Wildman–Crippen MR) is 112 cm³/mol. The van der Waals surface area contributed by atoms with Crippen molar-refractivity contribution in [2.45, 2.75) is 32.7 Å². The maximum atomic E-state index is 13.4. The van der Waals surface area contributed by atoms with Crippen LogP contribution in [0.25, 0.3) is 0 Å². The first-order valence-electron chi connectivity index (χ1n) is 8.79. The van der Waals surface area contributed by atoms with Gasteiger partial charge in [0.15, 0.2) is 10.8 Å². The van der Waals surface area contributed by atoms with E-state index >= 15 is 0 Å². The standard InChI is InChI=1S/C20H21BrFN3OS/c1-4-13-9-17-15(11-26)18(14(5-2)16(21)8-12(3)22)24-19(25(17)10-13)20-23-6-7-27-20/h5-8,11,13,18H,2,4,9-10H2,1,3H3/b12-8+,16-14-/t13-,18?/m1/s1. The number of amidine groups is 1. The summed E-state index contributed by atoms with van der Waals surface area (Å²) in [5.74, 6) is 0.897. The first kappa shape index (κ1) is 19.9. The lowest BCUT2D eigenvalue weighted by Gasteiger charge is -2.31. The van der Waals surface area contributed by atoms with Gasteiger partial charge in [0.05, 0.1) is 5.83 Å². The molecule has 2 atom stereocenters. The molecule has 0 aromatic carbocycles. The van der Waals surface area contributed by atoms with Crippen molar-refractivity contribution in [3.8, 4) is 0 Å². The van der Waals surface area contributed by atoms with Crippen LogP contribution >= 0.6 is 27.3 Å². The average molecular weight is 450 g/mol. The van der Waals surface area contributed by atoms with Crippen molar-refractivity contribution >= 4 is 39.4 Å². The van der Waals surface area contributed by atoms with Gasteiger partial charge in [-0.2, -0.15) is 0 Å². The summed E-state index contributed by atoms with van der Waals surface area (Å²) in [6.45, 7) is 8.22. The quantitative estimate of drug-likeness (QED) is 0.444. The maximum Gasteiger partial charge on any atom is 0.165 e. The fourth-order valence-corrected chi connectivity index (χ4v) is 4.80. The second-order valence-electron chi connectivity index (χ2n) is 6.54. The Bertz CT molecular complexity index is 866. The molecule has 0 saturated carbocycles. The molecular formula is C20H21BrFN3OS. The molecule has 0 bridgehead atoms. The predicted octanol–water partition coefficient (Wildman–Crippen LogP) is 5.17. The Morgan fingerprint density at radius 3 is 2.89 bits per heavy atom. The highest BCUT2D eigenvalue weighted by molar-refractivity contribution is 9.11. The van der Waals surface area contributed by atoms with Crippen molar-refractivity contribution in [3.63, 3.8) is 0 Å². The lowest BCUT2D eigenvalue weighted by Crippen LogP contribution is -2.36. The van der Waals surface area contributed by atoms with Crippen LogP contribution in [0, 0.1) is 5.92 Å². The highest BCUT2D eigenvalue weighted by atomic mass is 79.9. The van der Waals surface area contributed by atoms with E-state index in [1.165, 1.54) is 24.3 Å². The van der Waals surface area contributed by atoms with Gasteiger partial charge in [0.25, 0.3) is 0 Å². The summed E-state index contributed by atoms with van der Waals surface area (Å²) < 4.78 is 14.0. The molecule has 7 heteroatoms. The molecule has 0 N–H and O–H groups in total. The molecule has 3 rings (SSSR count). The van der Waals surface area contributed by atoms with Crippen LogP contribution in [0.15, 0.2) is 62.5 Å². The lowest BCUT2D eigenvalue weighted by molar-refractivity contribution is -0.105. The number of aldehydes is 1. The third-order valence-electron chi connectivity index (χ3n) is 4.83. The normalized spacial score (nSPS) is 23.8. The molecule has 0 spiro atoms. The van der Waals surface area contributed by atoms with E-state index in [9.17, 15) is 9.18 Å². The number of hydrogen-bond donors (Lipinski definition) is 0. The van der Waals surface area contributed by atoms with E-state index in [1.54, 1.807) is 12.3 Å². The highest BCUT2D eigenvalue weighted by Gasteiger charge is 2.38. The minimum Gasteiger partial charge on any atom is -0.327 e. The zero-order chi connectivity index (χ0) is 19.6. The smallest absolute Gasteiger partial charge is 0.165 e. The van der Waals surface area contributed by atoms with E-state index in [0.29, 0.717) is 21.5 Å². The average Bonchev–Trinajstić information content (AvgIpc) is 3.30. The number of carbonyl (C=O) groups excluding carboxylic acids is 1. The van der Waals surface area contributed by atoms with E-state index in [1.807, 2.05) is 5.38 Å². The van der Waals surface area contributed by atoms with Gasteiger partial charge in [0, 0.05) is 33.9 Å². The van der Waals surface area contributed by atoms with Crippen LogP contribution in [0.1, 0.15) is 31.7 Å². The first-order valence-corrected chi connectivity index (χ1v) is 10.5. The maximum absolute atomic E-state index is 13.4. The fourth-order valence-electron chi connectivity index (χ4n) is 3.47. The summed E-state index contributed by atoms with van der Waals surface area (Å²) in [5, 5.41) is 2.73. The summed E-state index contributed by atoms with van der Waals surface area (Å²) in [6, 6.07) is -0.536. The topological polar surface area (TPSA) is 45.6 Å². The number of halogens is 2. The Hall–Kier alpha value is -1.86. The van der Waals surface area contributed by atoms with Crippen LogP contribution < -0.4 is 0 Å². The number of hydrogen-bond acceptors (Lipinski definition) is 5. The zero-order valence-corrected chi connectivity index (χ0v) is 17.7. The first-order chi connectivity index (χ1) is 13.0. The zero-order valence-electron chi connectivity index (χ0n) is 15.3. The van der Waals surface area contributed by atoms with Gasteiger partial charge in [-0.1, -0.05) is 41.9 Å². The number of thiazole rings is 1. The van der Waals surface area contributed by atoms with E-state index < -0.39 is 6.04 Å². The Balaban J connectivity index is 2.19. The molecule has 142 valence electrons. The Morgan fingerprint density at radius 1 is 1.56 bits per heavy atom. The Labute approximate surface area is 171 Å². The summed E-state index contributed by atoms with van der Waals surface area (Å²) in [6.07, 6.45) is 7.48. The molecule has 0 radical (unpaired) electrons. The molecule has 2 aliphatic rings. The van der Waals surface area contributed by atoms with Crippen LogP contribution in [-0.4, -0.2) is 34.6 Å². The number of aliphatic imine (C=N–C) groups is 1. The van der Waals surface area contributed by atoms with Gasteiger partial charge < -0.3 is 4.90 Å². The lowest BCUT2D eigenvalue weighted by atomic mass is 9.94. The van der Waals surface area contributed by atoms with Crippen LogP contribution in [0.4, 0.5) is 4.39 Å². The molecular weight excluding hydrogens is 429 g/mol. The largest absolute Gasteiger partial charge is 0.327 e. The number of rotatable bonds is 6. The van der Waals surface area contributed by atoms with E-state index in [-0.39, 0.29) is 5.83 Å². The molecule has 3 heterocycles. The van der Waals surface area contributed by atoms with E-state index in [2.05, 4.69) is 39.3 Å². The van der Waals surface area contributed by atoms with Gasteiger partial charge in [-0.05, 0) is 30.9 Å². The Kier molecular flexibility index (Phi) is 6.22. The molecule has 1 saturated heterocycles. The number of nitrogens with zero attached hydrogens (tertiary/aromatic N) is 3. The van der Waals surface area contributed by atoms with Crippen molar-refractivity contribution in [2.75, 3.05) is 6.54 Å². The summed E-state index contributed by atoms with van der Waals surface area (Å²) in [7, 11) is 0. The molecule has 27 heavy (non-hydrogen) atoms. The number of fused-ring (bicyclic) bond motifs is 1. The third kappa shape index (κ3) is 3.89. The van der Waals surface area contributed by atoms with Gasteiger partial charge in [-0.3, -0.25) is 9.79 Å². The molecule has 1 aromatic heterocycles. The van der Waals surface area contributed by atoms with Crippen LogP contribution in [-0.2, 0) is 4.79 Å². The molecule has 4 nitrogen and oxygen atoms in total. The van der Waals surface area contributed by atoms with Crippen molar-refractivity contribution in [1.29, 1.82) is 0 Å². The molecule has 1 unspecified atom stereocenters. The van der Waals surface area contributed by atoms with Crippen molar-refractivity contribution in [2.24, 2.45) is 10.9 Å². The summed E-state index contributed by atoms with van der Waals surface area (Å²) >= 11 is 4.94. The van der Waals surface area contributed by atoms with E-state index in [0.717, 1.165) is 42.2 Å². The van der Waals surface area contributed by atoms with Gasteiger partial charge in [0.1, 0.15) is 12.3 Å². The van der Waals surface area contributed by atoms with Crippen LogP contribution in [0.5, 0.6) is 0 Å². The van der Waals surface area contributed by atoms with Gasteiger partial charge in [-0.25, -0.2) is 9.37 Å². The number of allylic oxidation sites excluding steroid dienone is 4. The molecule has 1 aromatic rings. The second-order valence-corrected chi connectivity index (χ2v) is 8.29. The summed E-state index contributed by atoms with van der Waals surface area (Å²) in [4.78, 5) is 23.5. The third-order valence-corrected chi connectivity index (χ3v) is 6.28. The minimum absolute atomic E-state index is 0.338. The molecule has 2 aliphatic heterocycles. The van der Waals surface area contributed by atoms with Crippen molar-refractivity contribution in [1.82, 2.24) is 9.88 Å². The molecule has 1 fully saturated rings. The van der Waals surface area contributed by atoms with Gasteiger partial charge in [0.2, 0.25) is 0 Å². The second kappa shape index (κ2) is 8.44. The van der Waals surface area contributed by atoms with Crippen LogP contribution in [0.2, 0.25) is 0 Å². The number of carbonyl (C=O) groups is 1. The SMILES string of the molecule is C=C/C(=C(Br)\C=C(/C)F)C1N=C(c2nccs2)N2C[C@H](CC)CC2=C1C=O. The Morgan fingerprint density at radius 2 is 2.33 bits per heavy atom. The monoisotopic (exact) mass is 449 g/mol. The van der Waals surface area contributed by atoms with Gasteiger partial charge in [-0.15, -0.1) is 11.3 Å². The number of aromatic nitrogens is 1. The van der Waals surface area contributed by atoms with Crippen LogP contribution in [0.3, 0.4) is 0 Å². The van der Waals surface area contributed by atoms with E-state index in [4.69, 9.17) is 4.99 Å².